The van der Waals surface area contributed by atoms with Gasteiger partial charge in [-0.25, -0.2) is 9.18 Å². The van der Waals surface area contributed by atoms with Crippen LogP contribution in [0.4, 0.5) is 10.1 Å². The Kier molecular flexibility index (Phi) is 5.46. The number of nitrogens with zero attached hydrogens (tertiary/aromatic N) is 3. The fourth-order valence-electron chi connectivity index (χ4n) is 4.43. The first-order valence-electron chi connectivity index (χ1n) is 10.2. The second-order valence-corrected chi connectivity index (χ2v) is 8.14. The van der Waals surface area contributed by atoms with E-state index in [4.69, 9.17) is 21.1 Å². The molecule has 2 fully saturated rings. The summed E-state index contributed by atoms with van der Waals surface area (Å²) in [5, 5.41) is 0.0367. The standard InChI is InChI=1S/C20H28FN5O4/c1-29-8-6-15(22)11-5-7-24(10-11)17-14(21)9-13-16(18(17)30-2)25(12-3-4-12)20(28)26(23)19(13)27/h9,11-12,15H,3-8,10,22-23H2,1-2H3/t11-,15+/m1/s1. The molecule has 2 aliphatic rings. The average molecular weight is 421 g/mol. The zero-order chi connectivity index (χ0) is 21.6. The molecule has 0 radical (unpaired) electrons. The molecule has 1 saturated heterocycles. The summed E-state index contributed by atoms with van der Waals surface area (Å²) >= 11 is 0. The van der Waals surface area contributed by atoms with E-state index in [0.29, 0.717) is 29.9 Å². The Balaban J connectivity index is 1.83. The van der Waals surface area contributed by atoms with Crippen molar-refractivity contribution in [3.63, 3.8) is 0 Å². The molecule has 1 aromatic carbocycles. The molecular weight excluding hydrogens is 393 g/mol. The molecule has 1 aromatic heterocycles. The maximum Gasteiger partial charge on any atom is 0.350 e. The quantitative estimate of drug-likeness (QED) is 0.627. The van der Waals surface area contributed by atoms with Gasteiger partial charge in [-0.15, -0.1) is 0 Å². The molecule has 0 unspecified atom stereocenters. The highest BCUT2D eigenvalue weighted by Gasteiger charge is 2.35. The number of halogens is 1. The average Bonchev–Trinajstić information content (AvgIpc) is 3.45. The molecule has 1 aliphatic heterocycles. The Morgan fingerprint density at radius 2 is 2.00 bits per heavy atom. The van der Waals surface area contributed by atoms with E-state index in [1.807, 2.05) is 4.90 Å². The lowest BCUT2D eigenvalue weighted by molar-refractivity contribution is 0.180. The Morgan fingerprint density at radius 1 is 1.27 bits per heavy atom. The van der Waals surface area contributed by atoms with E-state index in [2.05, 4.69) is 0 Å². The van der Waals surface area contributed by atoms with Gasteiger partial charge in [0.25, 0.3) is 5.56 Å². The van der Waals surface area contributed by atoms with E-state index >= 15 is 4.39 Å². The number of hydrogen-bond acceptors (Lipinski definition) is 7. The Labute approximate surface area is 172 Å². The van der Waals surface area contributed by atoms with Crippen molar-refractivity contribution >= 4 is 16.6 Å². The zero-order valence-corrected chi connectivity index (χ0v) is 17.3. The van der Waals surface area contributed by atoms with Crippen LogP contribution in [0.2, 0.25) is 0 Å². The molecule has 2 heterocycles. The van der Waals surface area contributed by atoms with Crippen molar-refractivity contribution in [2.45, 2.75) is 37.8 Å². The lowest BCUT2D eigenvalue weighted by Crippen LogP contribution is -2.44. The maximum absolute atomic E-state index is 15.3. The molecular formula is C20H28FN5O4. The molecule has 164 valence electrons. The van der Waals surface area contributed by atoms with Crippen molar-refractivity contribution in [2.75, 3.05) is 44.7 Å². The molecule has 4 rings (SSSR count). The number of methoxy groups -OCH3 is 2. The minimum absolute atomic E-state index is 0.0367. The van der Waals surface area contributed by atoms with E-state index in [9.17, 15) is 9.59 Å². The van der Waals surface area contributed by atoms with Gasteiger partial charge in [-0.1, -0.05) is 0 Å². The van der Waals surface area contributed by atoms with E-state index in [-0.39, 0.29) is 34.8 Å². The van der Waals surface area contributed by atoms with Gasteiger partial charge in [-0.2, -0.15) is 4.68 Å². The third-order valence-electron chi connectivity index (χ3n) is 6.20. The normalized spacial score (nSPS) is 20.1. The lowest BCUT2D eigenvalue weighted by atomic mass is 9.97. The van der Waals surface area contributed by atoms with E-state index in [1.54, 1.807) is 7.11 Å². The van der Waals surface area contributed by atoms with Crippen LogP contribution < -0.4 is 32.5 Å². The van der Waals surface area contributed by atoms with Crippen molar-refractivity contribution in [3.05, 3.63) is 32.7 Å². The summed E-state index contributed by atoms with van der Waals surface area (Å²) in [5.41, 5.74) is 5.50. The van der Waals surface area contributed by atoms with Gasteiger partial charge >= 0.3 is 5.69 Å². The molecule has 9 nitrogen and oxygen atoms in total. The summed E-state index contributed by atoms with van der Waals surface area (Å²) in [6.07, 6.45) is 3.13. The van der Waals surface area contributed by atoms with Crippen LogP contribution in [0.1, 0.15) is 31.7 Å². The Bertz CT molecular complexity index is 1080. The highest BCUT2D eigenvalue weighted by atomic mass is 19.1. The van der Waals surface area contributed by atoms with Gasteiger partial charge in [0.2, 0.25) is 0 Å². The van der Waals surface area contributed by atoms with Crippen molar-refractivity contribution in [3.8, 4) is 5.75 Å². The minimum Gasteiger partial charge on any atom is -0.492 e. The molecule has 1 saturated carbocycles. The number of benzene rings is 1. The number of ether oxygens (including phenoxy) is 2. The number of nitrogens with two attached hydrogens (primary N) is 2. The zero-order valence-electron chi connectivity index (χ0n) is 17.3. The molecule has 30 heavy (non-hydrogen) atoms. The van der Waals surface area contributed by atoms with E-state index in [0.717, 1.165) is 31.7 Å². The van der Waals surface area contributed by atoms with Crippen LogP contribution in [0.25, 0.3) is 10.9 Å². The molecule has 2 aromatic rings. The van der Waals surface area contributed by atoms with Crippen molar-refractivity contribution in [2.24, 2.45) is 11.7 Å². The molecule has 10 heteroatoms. The monoisotopic (exact) mass is 421 g/mol. The van der Waals surface area contributed by atoms with Gasteiger partial charge in [-0.05, 0) is 37.7 Å². The Morgan fingerprint density at radius 3 is 2.63 bits per heavy atom. The van der Waals surface area contributed by atoms with Crippen molar-refractivity contribution in [1.82, 2.24) is 9.24 Å². The summed E-state index contributed by atoms with van der Waals surface area (Å²) in [6, 6.07) is 1.03. The summed E-state index contributed by atoms with van der Waals surface area (Å²) in [6.45, 7) is 1.74. The molecule has 4 N–H and O–H groups in total. The highest BCUT2D eigenvalue weighted by Crippen LogP contribution is 2.43. The first-order chi connectivity index (χ1) is 14.4. The van der Waals surface area contributed by atoms with E-state index in [1.165, 1.54) is 11.7 Å². The van der Waals surface area contributed by atoms with Crippen LogP contribution >= 0.6 is 0 Å². The van der Waals surface area contributed by atoms with Gasteiger partial charge in [-0.3, -0.25) is 9.36 Å². The molecule has 1 aliphatic carbocycles. The van der Waals surface area contributed by atoms with Gasteiger partial charge in [0.05, 0.1) is 12.5 Å². The van der Waals surface area contributed by atoms with Crippen LogP contribution in [0, 0.1) is 11.7 Å². The number of fused-ring (bicyclic) bond motifs is 1. The topological polar surface area (TPSA) is 118 Å². The summed E-state index contributed by atoms with van der Waals surface area (Å²) in [4.78, 5) is 27.2. The summed E-state index contributed by atoms with van der Waals surface area (Å²) < 4.78 is 28.0. The third-order valence-corrected chi connectivity index (χ3v) is 6.20. The number of aromatic nitrogens is 2. The largest absolute Gasteiger partial charge is 0.492 e. The van der Waals surface area contributed by atoms with Gasteiger partial charge in [0, 0.05) is 38.9 Å². The number of anilines is 1. The second-order valence-electron chi connectivity index (χ2n) is 8.14. The van der Waals surface area contributed by atoms with Gasteiger partial charge in [0.1, 0.15) is 11.2 Å². The molecule has 0 amide bonds. The summed E-state index contributed by atoms with van der Waals surface area (Å²) in [5.74, 6) is 5.48. The van der Waals surface area contributed by atoms with Crippen LogP contribution in [0.15, 0.2) is 15.7 Å². The van der Waals surface area contributed by atoms with Gasteiger partial charge in [0.15, 0.2) is 11.6 Å². The van der Waals surface area contributed by atoms with Crippen LogP contribution in [0.5, 0.6) is 5.75 Å². The van der Waals surface area contributed by atoms with Crippen LogP contribution in [-0.2, 0) is 4.74 Å². The van der Waals surface area contributed by atoms with Crippen molar-refractivity contribution in [1.29, 1.82) is 0 Å². The van der Waals surface area contributed by atoms with Crippen LogP contribution in [0.3, 0.4) is 0 Å². The fraction of sp³-hybridized carbons (Fsp3) is 0.600. The predicted molar refractivity (Wildman–Crippen MR) is 112 cm³/mol. The van der Waals surface area contributed by atoms with Crippen LogP contribution in [-0.4, -0.2) is 49.2 Å². The lowest BCUT2D eigenvalue weighted by Gasteiger charge is -2.25. The highest BCUT2D eigenvalue weighted by molar-refractivity contribution is 5.91. The van der Waals surface area contributed by atoms with Crippen molar-refractivity contribution < 1.29 is 13.9 Å². The molecule has 0 bridgehead atoms. The Hall–Kier alpha value is -2.59. The maximum atomic E-state index is 15.3. The predicted octanol–water partition coefficient (Wildman–Crippen LogP) is 0.550. The third kappa shape index (κ3) is 3.33. The minimum atomic E-state index is -0.739. The summed E-state index contributed by atoms with van der Waals surface area (Å²) in [7, 11) is 3.06. The number of rotatable bonds is 7. The molecule has 2 atom stereocenters. The van der Waals surface area contributed by atoms with E-state index < -0.39 is 17.1 Å². The number of hydrogen-bond donors (Lipinski definition) is 2. The second kappa shape index (κ2) is 7.92. The number of nitrogen functional groups attached to an aromatic ring is 1. The first-order valence-corrected chi connectivity index (χ1v) is 10.2. The van der Waals surface area contributed by atoms with Gasteiger partial charge < -0.3 is 25.9 Å². The smallest absolute Gasteiger partial charge is 0.350 e. The fourth-order valence-corrected chi connectivity index (χ4v) is 4.43. The SMILES string of the molecule is COCC[C@H](N)[C@@H]1CCN(c2c(F)cc3c(=O)n(N)c(=O)n(C4CC4)c3c2OC)C1. The first kappa shape index (κ1) is 20.7. The molecule has 0 spiro atoms.